The second-order valence-electron chi connectivity index (χ2n) is 5.43. The minimum atomic E-state index is 0.504. The predicted molar refractivity (Wildman–Crippen MR) is 76.1 cm³/mol. The molecular formula is C15H22ClNO. The zero-order valence-corrected chi connectivity index (χ0v) is 12.0. The van der Waals surface area contributed by atoms with Crippen molar-refractivity contribution in [2.45, 2.75) is 32.7 Å². The van der Waals surface area contributed by atoms with Crippen molar-refractivity contribution in [2.24, 2.45) is 5.41 Å². The van der Waals surface area contributed by atoms with E-state index in [1.165, 1.54) is 24.8 Å². The number of benzene rings is 1. The van der Waals surface area contributed by atoms with Crippen molar-refractivity contribution in [1.82, 2.24) is 5.32 Å². The second kappa shape index (κ2) is 6.05. The summed E-state index contributed by atoms with van der Waals surface area (Å²) in [4.78, 5) is 0. The highest BCUT2D eigenvalue weighted by molar-refractivity contribution is 6.31. The molecule has 0 saturated heterocycles. The third kappa shape index (κ3) is 3.71. The van der Waals surface area contributed by atoms with E-state index in [-0.39, 0.29) is 0 Å². The van der Waals surface area contributed by atoms with Crippen molar-refractivity contribution in [3.05, 3.63) is 34.3 Å². The van der Waals surface area contributed by atoms with E-state index in [1.807, 2.05) is 6.92 Å². The fourth-order valence-electron chi connectivity index (χ4n) is 2.23. The summed E-state index contributed by atoms with van der Waals surface area (Å²) in [5.74, 6) is 0. The second-order valence-corrected chi connectivity index (χ2v) is 5.84. The lowest BCUT2D eigenvalue weighted by Gasteiger charge is -2.15. The number of nitrogens with one attached hydrogen (secondary N) is 1. The van der Waals surface area contributed by atoms with Gasteiger partial charge in [0.05, 0.1) is 0 Å². The average Bonchev–Trinajstić information content (AvgIpc) is 3.12. The number of hydrogen-bond donors (Lipinski definition) is 1. The molecule has 1 saturated carbocycles. The Hall–Kier alpha value is -0.570. The molecule has 2 nitrogen and oxygen atoms in total. The molecule has 1 N–H and O–H groups in total. The van der Waals surface area contributed by atoms with Crippen LogP contribution < -0.4 is 5.32 Å². The lowest BCUT2D eigenvalue weighted by Crippen LogP contribution is -2.24. The quantitative estimate of drug-likeness (QED) is 0.816. The van der Waals surface area contributed by atoms with Gasteiger partial charge in [0.1, 0.15) is 0 Å². The summed E-state index contributed by atoms with van der Waals surface area (Å²) < 4.78 is 5.17. The largest absolute Gasteiger partial charge is 0.385 e. The van der Waals surface area contributed by atoms with Gasteiger partial charge in [0, 0.05) is 31.8 Å². The molecule has 0 radical (unpaired) electrons. The molecule has 0 aliphatic heterocycles. The van der Waals surface area contributed by atoms with E-state index < -0.39 is 0 Å². The van der Waals surface area contributed by atoms with Gasteiger partial charge in [0.15, 0.2) is 0 Å². The molecule has 2 rings (SSSR count). The fraction of sp³-hybridized carbons (Fsp3) is 0.600. The number of methoxy groups -OCH3 is 1. The highest BCUT2D eigenvalue weighted by Crippen LogP contribution is 2.48. The Morgan fingerprint density at radius 2 is 2.17 bits per heavy atom. The van der Waals surface area contributed by atoms with Crippen molar-refractivity contribution in [1.29, 1.82) is 0 Å². The SMILES string of the molecule is COCCC1(CNCc2ccc(C)c(Cl)c2)CC1. The molecule has 3 heteroatoms. The van der Waals surface area contributed by atoms with Crippen LogP contribution in [0, 0.1) is 12.3 Å². The van der Waals surface area contributed by atoms with Gasteiger partial charge in [0.2, 0.25) is 0 Å². The maximum absolute atomic E-state index is 6.12. The van der Waals surface area contributed by atoms with Gasteiger partial charge in [-0.1, -0.05) is 23.7 Å². The first kappa shape index (κ1) is 13.9. The van der Waals surface area contributed by atoms with Gasteiger partial charge in [-0.2, -0.15) is 0 Å². The fourth-order valence-corrected chi connectivity index (χ4v) is 2.43. The minimum absolute atomic E-state index is 0.504. The summed E-state index contributed by atoms with van der Waals surface area (Å²) in [6.45, 7) is 4.89. The molecule has 0 bridgehead atoms. The number of aryl methyl sites for hydroxylation is 1. The highest BCUT2D eigenvalue weighted by atomic mass is 35.5. The number of halogens is 1. The van der Waals surface area contributed by atoms with E-state index >= 15 is 0 Å². The third-order valence-electron chi connectivity index (χ3n) is 3.86. The van der Waals surface area contributed by atoms with E-state index in [2.05, 4.69) is 23.5 Å². The topological polar surface area (TPSA) is 21.3 Å². The molecule has 0 atom stereocenters. The molecular weight excluding hydrogens is 246 g/mol. The normalized spacial score (nSPS) is 16.8. The zero-order valence-electron chi connectivity index (χ0n) is 11.3. The maximum Gasteiger partial charge on any atom is 0.0468 e. The van der Waals surface area contributed by atoms with Gasteiger partial charge in [-0.3, -0.25) is 0 Å². The lowest BCUT2D eigenvalue weighted by molar-refractivity contribution is 0.171. The van der Waals surface area contributed by atoms with E-state index in [0.717, 1.165) is 30.3 Å². The van der Waals surface area contributed by atoms with E-state index in [9.17, 15) is 0 Å². The van der Waals surface area contributed by atoms with Crippen molar-refractivity contribution < 1.29 is 4.74 Å². The zero-order chi connectivity index (χ0) is 13.0. The molecule has 1 aromatic carbocycles. The summed E-state index contributed by atoms with van der Waals surface area (Å²) >= 11 is 6.12. The summed E-state index contributed by atoms with van der Waals surface area (Å²) in [6, 6.07) is 6.28. The van der Waals surface area contributed by atoms with Gasteiger partial charge in [-0.15, -0.1) is 0 Å². The van der Waals surface area contributed by atoms with Crippen LogP contribution in [-0.2, 0) is 11.3 Å². The van der Waals surface area contributed by atoms with Gasteiger partial charge in [-0.25, -0.2) is 0 Å². The van der Waals surface area contributed by atoms with Crippen LogP contribution in [0.2, 0.25) is 5.02 Å². The first-order valence-electron chi connectivity index (χ1n) is 6.60. The smallest absolute Gasteiger partial charge is 0.0468 e. The molecule has 100 valence electrons. The summed E-state index contributed by atoms with van der Waals surface area (Å²) in [5.41, 5.74) is 2.90. The molecule has 0 heterocycles. The number of hydrogen-bond acceptors (Lipinski definition) is 2. The molecule has 1 aromatic rings. The Balaban J connectivity index is 1.76. The number of rotatable bonds is 7. The molecule has 1 aliphatic carbocycles. The predicted octanol–water partition coefficient (Wildman–Crippen LogP) is 3.55. The van der Waals surface area contributed by atoms with Crippen molar-refractivity contribution in [3.8, 4) is 0 Å². The van der Waals surface area contributed by atoms with E-state index in [4.69, 9.17) is 16.3 Å². The van der Waals surface area contributed by atoms with Gasteiger partial charge in [-0.05, 0) is 48.8 Å². The highest BCUT2D eigenvalue weighted by Gasteiger charge is 2.41. The molecule has 0 unspecified atom stereocenters. The Morgan fingerprint density at radius 3 is 2.78 bits per heavy atom. The van der Waals surface area contributed by atoms with Gasteiger partial charge in [0.25, 0.3) is 0 Å². The van der Waals surface area contributed by atoms with Crippen LogP contribution in [0.4, 0.5) is 0 Å². The number of ether oxygens (including phenoxy) is 1. The van der Waals surface area contributed by atoms with Crippen LogP contribution >= 0.6 is 11.6 Å². The maximum atomic E-state index is 6.12. The summed E-state index contributed by atoms with van der Waals surface area (Å²) in [5, 5.41) is 4.40. The first-order valence-corrected chi connectivity index (χ1v) is 6.98. The Kier molecular flexibility index (Phi) is 4.66. The van der Waals surface area contributed by atoms with Gasteiger partial charge < -0.3 is 10.1 Å². The third-order valence-corrected chi connectivity index (χ3v) is 4.27. The van der Waals surface area contributed by atoms with Crippen LogP contribution in [0.5, 0.6) is 0 Å². The van der Waals surface area contributed by atoms with Crippen LogP contribution in [0.3, 0.4) is 0 Å². The first-order chi connectivity index (χ1) is 8.65. The van der Waals surface area contributed by atoms with Crippen LogP contribution in [0.15, 0.2) is 18.2 Å². The van der Waals surface area contributed by atoms with E-state index in [0.29, 0.717) is 5.41 Å². The van der Waals surface area contributed by atoms with Crippen molar-refractivity contribution in [2.75, 3.05) is 20.3 Å². The van der Waals surface area contributed by atoms with Gasteiger partial charge >= 0.3 is 0 Å². The molecule has 0 aromatic heterocycles. The Bertz CT molecular complexity index is 401. The molecule has 1 fully saturated rings. The van der Waals surface area contributed by atoms with Crippen LogP contribution in [0.1, 0.15) is 30.4 Å². The Morgan fingerprint density at radius 1 is 1.39 bits per heavy atom. The lowest BCUT2D eigenvalue weighted by atomic mass is 10.0. The van der Waals surface area contributed by atoms with Crippen LogP contribution in [-0.4, -0.2) is 20.3 Å². The van der Waals surface area contributed by atoms with E-state index in [1.54, 1.807) is 7.11 Å². The summed E-state index contributed by atoms with van der Waals surface area (Å²) in [7, 11) is 1.78. The van der Waals surface area contributed by atoms with Crippen molar-refractivity contribution >= 4 is 11.6 Å². The van der Waals surface area contributed by atoms with Crippen molar-refractivity contribution in [3.63, 3.8) is 0 Å². The minimum Gasteiger partial charge on any atom is -0.385 e. The Labute approximate surface area is 115 Å². The van der Waals surface area contributed by atoms with Crippen LogP contribution in [0.25, 0.3) is 0 Å². The average molecular weight is 268 g/mol. The molecule has 0 amide bonds. The molecule has 18 heavy (non-hydrogen) atoms. The standard InChI is InChI=1S/C15H22ClNO/c1-12-3-4-13(9-14(12)16)10-17-11-15(5-6-15)7-8-18-2/h3-4,9,17H,5-8,10-11H2,1-2H3. The summed E-state index contributed by atoms with van der Waals surface area (Å²) in [6.07, 6.45) is 3.83. The molecule has 1 aliphatic rings. The monoisotopic (exact) mass is 267 g/mol. The molecule has 0 spiro atoms.